The molecule has 3 rings (SSSR count). The highest BCUT2D eigenvalue weighted by Gasteiger charge is 2.15. The molecular formula is C15H16N6O2. The number of amides is 1. The van der Waals surface area contributed by atoms with E-state index in [1.807, 2.05) is 13.0 Å². The largest absolute Gasteiger partial charge is 0.345 e. The van der Waals surface area contributed by atoms with Crippen LogP contribution in [0.5, 0.6) is 0 Å². The Balaban J connectivity index is 1.77. The van der Waals surface area contributed by atoms with E-state index >= 15 is 0 Å². The minimum atomic E-state index is -0.306. The molecule has 0 saturated heterocycles. The van der Waals surface area contributed by atoms with Crippen LogP contribution in [0.4, 0.5) is 0 Å². The van der Waals surface area contributed by atoms with E-state index in [1.165, 1.54) is 10.9 Å². The summed E-state index contributed by atoms with van der Waals surface area (Å²) in [5.74, 6) is 0.349. The third-order valence-electron chi connectivity index (χ3n) is 3.56. The fourth-order valence-electron chi connectivity index (χ4n) is 2.41. The van der Waals surface area contributed by atoms with Crippen LogP contribution in [0.1, 0.15) is 18.8 Å². The van der Waals surface area contributed by atoms with Gasteiger partial charge >= 0.3 is 0 Å². The standard InChI is InChI=1S/C15H16N6O2/c1-10(14-19-17-9-20(14)2)18-13(22)7-21-8-16-12-6-4-3-5-11(12)15(21)23/h3-6,8-10H,7H2,1-2H3,(H,18,22)/t10-/m0/s1. The molecule has 8 heteroatoms. The van der Waals surface area contributed by atoms with Gasteiger partial charge in [-0.25, -0.2) is 4.98 Å². The van der Waals surface area contributed by atoms with Gasteiger partial charge in [-0.2, -0.15) is 0 Å². The summed E-state index contributed by atoms with van der Waals surface area (Å²) in [5, 5.41) is 11.0. The predicted octanol–water partition coefficient (Wildman–Crippen LogP) is 0.402. The highest BCUT2D eigenvalue weighted by Crippen LogP contribution is 2.07. The number of hydrogen-bond acceptors (Lipinski definition) is 5. The number of para-hydroxylation sites is 1. The highest BCUT2D eigenvalue weighted by molar-refractivity contribution is 5.79. The van der Waals surface area contributed by atoms with E-state index in [-0.39, 0.29) is 24.1 Å². The third-order valence-corrected chi connectivity index (χ3v) is 3.56. The normalized spacial score (nSPS) is 12.3. The minimum Gasteiger partial charge on any atom is -0.345 e. The molecule has 0 bridgehead atoms. The van der Waals surface area contributed by atoms with Crippen molar-refractivity contribution in [1.29, 1.82) is 0 Å². The number of carbonyl (C=O) groups is 1. The van der Waals surface area contributed by atoms with E-state index < -0.39 is 0 Å². The Morgan fingerprint density at radius 2 is 2.09 bits per heavy atom. The first-order valence-electron chi connectivity index (χ1n) is 7.13. The molecule has 0 aliphatic heterocycles. The van der Waals surface area contributed by atoms with Gasteiger partial charge in [-0.1, -0.05) is 12.1 Å². The molecule has 23 heavy (non-hydrogen) atoms. The van der Waals surface area contributed by atoms with Gasteiger partial charge in [-0.3, -0.25) is 14.2 Å². The van der Waals surface area contributed by atoms with Crippen LogP contribution >= 0.6 is 0 Å². The molecule has 118 valence electrons. The number of nitrogens with one attached hydrogen (secondary N) is 1. The fraction of sp³-hybridized carbons (Fsp3) is 0.267. The maximum absolute atomic E-state index is 12.3. The summed E-state index contributed by atoms with van der Waals surface area (Å²) in [6.07, 6.45) is 2.95. The Morgan fingerprint density at radius 1 is 1.30 bits per heavy atom. The number of fused-ring (bicyclic) bond motifs is 1. The molecule has 0 fully saturated rings. The van der Waals surface area contributed by atoms with Crippen LogP contribution in [0.15, 0.2) is 41.7 Å². The maximum atomic E-state index is 12.3. The second-order valence-electron chi connectivity index (χ2n) is 5.28. The summed E-state index contributed by atoms with van der Waals surface area (Å²) in [6, 6.07) is 6.73. The lowest BCUT2D eigenvalue weighted by Gasteiger charge is -2.13. The zero-order chi connectivity index (χ0) is 16.4. The Kier molecular flexibility index (Phi) is 3.88. The fourth-order valence-corrected chi connectivity index (χ4v) is 2.41. The predicted molar refractivity (Wildman–Crippen MR) is 83.6 cm³/mol. The first-order valence-corrected chi connectivity index (χ1v) is 7.13. The van der Waals surface area contributed by atoms with Gasteiger partial charge in [0.2, 0.25) is 5.91 Å². The first kappa shape index (κ1) is 14.9. The van der Waals surface area contributed by atoms with Crippen molar-refractivity contribution in [1.82, 2.24) is 29.6 Å². The average molecular weight is 312 g/mol. The molecule has 3 aromatic rings. The molecule has 0 aliphatic rings. The van der Waals surface area contributed by atoms with Crippen LogP contribution in [0.3, 0.4) is 0 Å². The Labute approximate surface area is 131 Å². The monoisotopic (exact) mass is 312 g/mol. The van der Waals surface area contributed by atoms with Crippen LogP contribution < -0.4 is 10.9 Å². The molecule has 0 saturated carbocycles. The summed E-state index contributed by atoms with van der Waals surface area (Å²) < 4.78 is 3.02. The van der Waals surface area contributed by atoms with Crippen molar-refractivity contribution in [2.24, 2.45) is 7.05 Å². The molecule has 1 atom stereocenters. The van der Waals surface area contributed by atoms with Gasteiger partial charge in [0.05, 0.1) is 23.3 Å². The first-order chi connectivity index (χ1) is 11.1. The molecule has 8 nitrogen and oxygen atoms in total. The number of aryl methyl sites for hydroxylation is 1. The van der Waals surface area contributed by atoms with E-state index in [0.29, 0.717) is 16.7 Å². The van der Waals surface area contributed by atoms with Crippen molar-refractivity contribution in [3.63, 3.8) is 0 Å². The van der Waals surface area contributed by atoms with Crippen molar-refractivity contribution in [3.05, 3.63) is 53.1 Å². The summed E-state index contributed by atoms with van der Waals surface area (Å²) in [7, 11) is 1.80. The molecule has 1 N–H and O–H groups in total. The zero-order valence-corrected chi connectivity index (χ0v) is 12.8. The van der Waals surface area contributed by atoms with Crippen LogP contribution in [-0.4, -0.2) is 30.2 Å². The van der Waals surface area contributed by atoms with Crippen molar-refractivity contribution in [3.8, 4) is 0 Å². The van der Waals surface area contributed by atoms with Crippen molar-refractivity contribution >= 4 is 16.8 Å². The van der Waals surface area contributed by atoms with Gasteiger partial charge in [-0.05, 0) is 19.1 Å². The number of nitrogens with zero attached hydrogens (tertiary/aromatic N) is 5. The molecular weight excluding hydrogens is 296 g/mol. The van der Waals surface area contributed by atoms with Gasteiger partial charge < -0.3 is 9.88 Å². The molecule has 0 aliphatic carbocycles. The third kappa shape index (κ3) is 2.96. The summed E-state index contributed by atoms with van der Waals surface area (Å²) in [6.45, 7) is 1.71. The second kappa shape index (κ2) is 5.99. The minimum absolute atomic E-state index is 0.0984. The van der Waals surface area contributed by atoms with Crippen LogP contribution in [0.2, 0.25) is 0 Å². The summed E-state index contributed by atoms with van der Waals surface area (Å²) in [4.78, 5) is 28.7. The van der Waals surface area contributed by atoms with Crippen LogP contribution in [-0.2, 0) is 18.4 Å². The van der Waals surface area contributed by atoms with Gasteiger partial charge in [0.25, 0.3) is 5.56 Å². The lowest BCUT2D eigenvalue weighted by atomic mass is 10.2. The molecule has 1 aromatic carbocycles. The Morgan fingerprint density at radius 3 is 2.83 bits per heavy atom. The molecule has 1 amide bonds. The second-order valence-corrected chi connectivity index (χ2v) is 5.28. The van der Waals surface area contributed by atoms with Crippen molar-refractivity contribution < 1.29 is 4.79 Å². The average Bonchev–Trinajstić information content (AvgIpc) is 2.96. The lowest BCUT2D eigenvalue weighted by Crippen LogP contribution is -2.34. The van der Waals surface area contributed by atoms with E-state index in [4.69, 9.17) is 0 Å². The Bertz CT molecular complexity index is 913. The number of aromatic nitrogens is 5. The quantitative estimate of drug-likeness (QED) is 0.752. The number of rotatable bonds is 4. The molecule has 0 radical (unpaired) electrons. The van der Waals surface area contributed by atoms with Gasteiger partial charge in [0, 0.05) is 7.05 Å². The van der Waals surface area contributed by atoms with Crippen LogP contribution in [0.25, 0.3) is 10.9 Å². The van der Waals surface area contributed by atoms with Crippen LogP contribution in [0, 0.1) is 0 Å². The summed E-state index contributed by atoms with van der Waals surface area (Å²) >= 11 is 0. The maximum Gasteiger partial charge on any atom is 0.261 e. The van der Waals surface area contributed by atoms with Gasteiger partial charge in [0.1, 0.15) is 12.9 Å². The van der Waals surface area contributed by atoms with Gasteiger partial charge in [-0.15, -0.1) is 10.2 Å². The topological polar surface area (TPSA) is 94.7 Å². The Hall–Kier alpha value is -3.03. The van der Waals surface area contributed by atoms with Crippen molar-refractivity contribution in [2.75, 3.05) is 0 Å². The van der Waals surface area contributed by atoms with E-state index in [0.717, 1.165) is 0 Å². The number of benzene rings is 1. The molecule has 2 heterocycles. The molecule has 2 aromatic heterocycles. The summed E-state index contributed by atoms with van der Waals surface area (Å²) in [5.41, 5.74) is 0.374. The van der Waals surface area contributed by atoms with E-state index in [1.54, 1.807) is 36.1 Å². The van der Waals surface area contributed by atoms with Crippen molar-refractivity contribution in [2.45, 2.75) is 19.5 Å². The smallest absolute Gasteiger partial charge is 0.261 e. The van der Waals surface area contributed by atoms with Gasteiger partial charge in [0.15, 0.2) is 5.82 Å². The molecule has 0 unspecified atom stereocenters. The van der Waals surface area contributed by atoms with E-state index in [9.17, 15) is 9.59 Å². The SMILES string of the molecule is C[C@H](NC(=O)Cn1cnc2ccccc2c1=O)c1nncn1C. The molecule has 0 spiro atoms. The number of carbonyl (C=O) groups excluding carboxylic acids is 1. The highest BCUT2D eigenvalue weighted by atomic mass is 16.2. The zero-order valence-electron chi connectivity index (χ0n) is 12.8. The number of hydrogen-bond donors (Lipinski definition) is 1. The van der Waals surface area contributed by atoms with E-state index in [2.05, 4.69) is 20.5 Å². The lowest BCUT2D eigenvalue weighted by molar-refractivity contribution is -0.122.